The molecule has 0 aliphatic heterocycles. The molecule has 0 bridgehead atoms. The fourth-order valence-corrected chi connectivity index (χ4v) is 1.76. The smallest absolute Gasteiger partial charge is 0.119 e. The van der Waals surface area contributed by atoms with Gasteiger partial charge in [0.05, 0.1) is 59.5 Å². The molecule has 6 nitrogen and oxygen atoms in total. The maximum Gasteiger partial charge on any atom is 0.119 e. The van der Waals surface area contributed by atoms with E-state index in [1.54, 1.807) is 7.11 Å². The Balaban J connectivity index is 1.75. The van der Waals surface area contributed by atoms with Crippen LogP contribution in [0.2, 0.25) is 0 Å². The molecule has 1 aromatic rings. The van der Waals surface area contributed by atoms with Gasteiger partial charge in [-0.15, -0.1) is 0 Å². The fourth-order valence-electron chi connectivity index (χ4n) is 1.76. The van der Waals surface area contributed by atoms with Gasteiger partial charge >= 0.3 is 0 Å². The van der Waals surface area contributed by atoms with E-state index >= 15 is 0 Å². The molecule has 0 radical (unpaired) electrons. The zero-order valence-corrected chi connectivity index (χ0v) is 14.8. The first-order valence-electron chi connectivity index (χ1n) is 8.32. The van der Waals surface area contributed by atoms with E-state index in [4.69, 9.17) is 28.4 Å². The molecule has 0 aliphatic carbocycles. The molecular weight excluding hydrogens is 312 g/mol. The number of hydrogen-bond donors (Lipinski definition) is 0. The highest BCUT2D eigenvalue weighted by Gasteiger charge is 1.95. The summed E-state index contributed by atoms with van der Waals surface area (Å²) in [6, 6.07) is 7.97. The van der Waals surface area contributed by atoms with Crippen LogP contribution in [0.4, 0.5) is 0 Å². The third-order valence-corrected chi connectivity index (χ3v) is 3.07. The molecule has 1 rings (SSSR count). The van der Waals surface area contributed by atoms with Crippen molar-refractivity contribution in [2.24, 2.45) is 0 Å². The number of hydrogen-bond acceptors (Lipinski definition) is 6. The summed E-state index contributed by atoms with van der Waals surface area (Å²) >= 11 is 0. The third kappa shape index (κ3) is 12.3. The van der Waals surface area contributed by atoms with Crippen LogP contribution in [0.25, 0.3) is 0 Å². The van der Waals surface area contributed by atoms with Crippen LogP contribution in [0.15, 0.2) is 24.3 Å². The van der Waals surface area contributed by atoms with Crippen molar-refractivity contribution in [3.63, 3.8) is 0 Å². The lowest BCUT2D eigenvalue weighted by atomic mass is 10.2. The highest BCUT2D eigenvalue weighted by atomic mass is 16.6. The second-order valence-corrected chi connectivity index (χ2v) is 5.10. The lowest BCUT2D eigenvalue weighted by molar-refractivity contribution is -0.00978. The molecule has 0 saturated carbocycles. The average Bonchev–Trinajstić information content (AvgIpc) is 2.60. The predicted octanol–water partition coefficient (Wildman–Crippen LogP) is 2.09. The molecule has 0 amide bonds. The summed E-state index contributed by atoms with van der Waals surface area (Å²) in [4.78, 5) is 0. The molecule has 0 fully saturated rings. The summed E-state index contributed by atoms with van der Waals surface area (Å²) in [7, 11) is 1.65. The molecule has 0 aliphatic rings. The van der Waals surface area contributed by atoms with Gasteiger partial charge in [0.25, 0.3) is 0 Å². The van der Waals surface area contributed by atoms with E-state index in [-0.39, 0.29) is 0 Å². The lowest BCUT2D eigenvalue weighted by Crippen LogP contribution is -2.14. The van der Waals surface area contributed by atoms with E-state index in [0.29, 0.717) is 66.1 Å². The van der Waals surface area contributed by atoms with Crippen LogP contribution in [0.3, 0.4) is 0 Å². The van der Waals surface area contributed by atoms with Crippen LogP contribution >= 0.6 is 0 Å². The van der Waals surface area contributed by atoms with E-state index in [1.807, 2.05) is 24.3 Å². The van der Waals surface area contributed by atoms with Gasteiger partial charge in [-0.05, 0) is 19.1 Å². The molecular formula is C18H30O6. The third-order valence-electron chi connectivity index (χ3n) is 3.07. The van der Waals surface area contributed by atoms with Gasteiger partial charge in [-0.2, -0.15) is 0 Å². The standard InChI is InChI=1S/C18H30O6/c1-17-3-5-18(6-4-17)24-16-15-23-14-13-22-12-11-21-10-9-20-8-7-19-2/h3-6H,7-16H2,1-2H3. The van der Waals surface area contributed by atoms with Crippen LogP contribution in [0.1, 0.15) is 5.56 Å². The average molecular weight is 342 g/mol. The Morgan fingerprint density at radius 3 is 1.46 bits per heavy atom. The molecule has 0 N–H and O–H groups in total. The van der Waals surface area contributed by atoms with Crippen LogP contribution in [0.5, 0.6) is 5.75 Å². The Labute approximate surface area is 144 Å². The largest absolute Gasteiger partial charge is 0.491 e. The predicted molar refractivity (Wildman–Crippen MR) is 91.8 cm³/mol. The quantitative estimate of drug-likeness (QED) is 0.429. The minimum atomic E-state index is 0.537. The highest BCUT2D eigenvalue weighted by Crippen LogP contribution is 2.10. The molecule has 0 saturated heterocycles. The number of aryl methyl sites for hydroxylation is 1. The Morgan fingerprint density at radius 1 is 0.583 bits per heavy atom. The van der Waals surface area contributed by atoms with E-state index in [2.05, 4.69) is 6.92 Å². The van der Waals surface area contributed by atoms with Gasteiger partial charge in [-0.3, -0.25) is 0 Å². The van der Waals surface area contributed by atoms with E-state index in [1.165, 1.54) is 5.56 Å². The van der Waals surface area contributed by atoms with Crippen molar-refractivity contribution in [2.75, 3.05) is 73.2 Å². The first-order valence-corrected chi connectivity index (χ1v) is 8.32. The van der Waals surface area contributed by atoms with Gasteiger partial charge in [0, 0.05) is 7.11 Å². The Morgan fingerprint density at radius 2 is 1.00 bits per heavy atom. The van der Waals surface area contributed by atoms with Crippen molar-refractivity contribution in [3.8, 4) is 5.75 Å². The van der Waals surface area contributed by atoms with Crippen molar-refractivity contribution in [1.82, 2.24) is 0 Å². The second-order valence-electron chi connectivity index (χ2n) is 5.10. The monoisotopic (exact) mass is 342 g/mol. The number of benzene rings is 1. The van der Waals surface area contributed by atoms with Crippen molar-refractivity contribution >= 4 is 0 Å². The summed E-state index contributed by atoms with van der Waals surface area (Å²) in [5, 5.41) is 0. The SMILES string of the molecule is COCCOCCOCCOCCOCCOc1ccc(C)cc1. The summed E-state index contributed by atoms with van der Waals surface area (Å²) in [6.07, 6.45) is 0. The van der Waals surface area contributed by atoms with Crippen LogP contribution in [0, 0.1) is 6.92 Å². The summed E-state index contributed by atoms with van der Waals surface area (Å²) in [5.41, 5.74) is 1.22. The van der Waals surface area contributed by atoms with Gasteiger partial charge in [0.15, 0.2) is 0 Å². The van der Waals surface area contributed by atoms with Crippen LogP contribution < -0.4 is 4.74 Å². The summed E-state index contributed by atoms with van der Waals surface area (Å²) in [6.45, 7) is 7.71. The molecule has 0 spiro atoms. The van der Waals surface area contributed by atoms with E-state index in [0.717, 1.165) is 5.75 Å². The van der Waals surface area contributed by atoms with E-state index in [9.17, 15) is 0 Å². The molecule has 138 valence electrons. The highest BCUT2D eigenvalue weighted by molar-refractivity contribution is 5.26. The first-order chi connectivity index (χ1) is 11.8. The van der Waals surface area contributed by atoms with Crippen molar-refractivity contribution < 1.29 is 28.4 Å². The lowest BCUT2D eigenvalue weighted by Gasteiger charge is -2.08. The Hall–Kier alpha value is -1.18. The number of methoxy groups -OCH3 is 1. The normalized spacial score (nSPS) is 10.9. The minimum absolute atomic E-state index is 0.537. The van der Waals surface area contributed by atoms with Crippen LogP contribution in [-0.2, 0) is 23.7 Å². The molecule has 0 aromatic heterocycles. The fraction of sp³-hybridized carbons (Fsp3) is 0.667. The van der Waals surface area contributed by atoms with Gasteiger partial charge in [-0.25, -0.2) is 0 Å². The second kappa shape index (κ2) is 15.4. The Kier molecular flexibility index (Phi) is 13.3. The molecule has 0 heterocycles. The van der Waals surface area contributed by atoms with E-state index < -0.39 is 0 Å². The topological polar surface area (TPSA) is 55.4 Å². The number of ether oxygens (including phenoxy) is 6. The minimum Gasteiger partial charge on any atom is -0.491 e. The van der Waals surface area contributed by atoms with Crippen molar-refractivity contribution in [3.05, 3.63) is 29.8 Å². The van der Waals surface area contributed by atoms with Gasteiger partial charge < -0.3 is 28.4 Å². The number of rotatable bonds is 16. The molecule has 0 atom stereocenters. The first kappa shape index (κ1) is 20.9. The van der Waals surface area contributed by atoms with Gasteiger partial charge in [0.2, 0.25) is 0 Å². The van der Waals surface area contributed by atoms with Gasteiger partial charge in [0.1, 0.15) is 12.4 Å². The van der Waals surface area contributed by atoms with Crippen LogP contribution in [-0.4, -0.2) is 73.2 Å². The molecule has 1 aromatic carbocycles. The molecule has 6 heteroatoms. The van der Waals surface area contributed by atoms with Gasteiger partial charge in [-0.1, -0.05) is 17.7 Å². The molecule has 24 heavy (non-hydrogen) atoms. The summed E-state index contributed by atoms with van der Waals surface area (Å²) < 4.78 is 31.9. The maximum atomic E-state index is 5.56. The Bertz CT molecular complexity index is 382. The van der Waals surface area contributed by atoms with Crippen molar-refractivity contribution in [1.29, 1.82) is 0 Å². The summed E-state index contributed by atoms with van der Waals surface area (Å²) in [5.74, 6) is 0.865. The molecule has 0 unspecified atom stereocenters. The maximum absolute atomic E-state index is 5.56. The zero-order valence-electron chi connectivity index (χ0n) is 14.8. The van der Waals surface area contributed by atoms with Crippen molar-refractivity contribution in [2.45, 2.75) is 6.92 Å². The zero-order chi connectivity index (χ0) is 17.3.